The van der Waals surface area contributed by atoms with Crippen molar-refractivity contribution in [3.63, 3.8) is 0 Å². The molecule has 1 aliphatic heterocycles. The molecule has 1 aliphatic rings. The van der Waals surface area contributed by atoms with Crippen molar-refractivity contribution in [2.24, 2.45) is 0 Å². The third kappa shape index (κ3) is 0.956. The molecule has 0 bridgehead atoms. The molecule has 0 spiro atoms. The molecule has 0 amide bonds. The van der Waals surface area contributed by atoms with Crippen LogP contribution in [-0.2, 0) is 0 Å². The van der Waals surface area contributed by atoms with Gasteiger partial charge in [0.1, 0.15) is 0 Å². The van der Waals surface area contributed by atoms with Gasteiger partial charge in [-0.25, -0.2) is 0 Å². The summed E-state index contributed by atoms with van der Waals surface area (Å²) in [4.78, 5) is 3.86. The lowest BCUT2D eigenvalue weighted by Crippen LogP contribution is -3.14. The average molecular weight is 142 g/mol. The molecule has 0 aromatic carbocycles. The zero-order valence-corrected chi connectivity index (χ0v) is 7.39. The van der Waals surface area contributed by atoms with E-state index in [1.165, 1.54) is 4.90 Å². The molecular formula is C8H18N2. The van der Waals surface area contributed by atoms with E-state index < -0.39 is 0 Å². The number of nitrogens with zero attached hydrogens (tertiary/aromatic N) is 1. The largest absolute Gasteiger partial charge is 0.345 e. The van der Waals surface area contributed by atoms with E-state index in [1.54, 1.807) is 0 Å². The molecule has 1 fully saturated rings. The summed E-state index contributed by atoms with van der Waals surface area (Å²) in [6.07, 6.45) is 0.435. The van der Waals surface area contributed by atoms with Gasteiger partial charge in [0.15, 0.2) is 0 Å². The van der Waals surface area contributed by atoms with Gasteiger partial charge in [0, 0.05) is 6.17 Å². The van der Waals surface area contributed by atoms with Crippen molar-refractivity contribution in [2.45, 2.75) is 32.1 Å². The van der Waals surface area contributed by atoms with E-state index in [-0.39, 0.29) is 0 Å². The van der Waals surface area contributed by atoms with Crippen LogP contribution in [-0.4, -0.2) is 37.2 Å². The standard InChI is InChI=1S/C8H17N2/c1-6-7(2)10(5)8(3)9(6)4/h6-8H,3H2,1-2,4-5H3/q-1/p+1. The minimum Gasteiger partial charge on any atom is -0.345 e. The van der Waals surface area contributed by atoms with Gasteiger partial charge >= 0.3 is 0 Å². The van der Waals surface area contributed by atoms with E-state index in [0.29, 0.717) is 18.2 Å². The van der Waals surface area contributed by atoms with Crippen LogP contribution >= 0.6 is 0 Å². The quantitative estimate of drug-likeness (QED) is 0.443. The molecule has 0 aromatic heterocycles. The Kier molecular flexibility index (Phi) is 2.02. The minimum atomic E-state index is 0.435. The highest BCUT2D eigenvalue weighted by Crippen LogP contribution is 2.07. The smallest absolute Gasteiger partial charge is 0.0991 e. The first-order chi connectivity index (χ1) is 4.55. The highest BCUT2D eigenvalue weighted by atomic mass is 15.4. The molecule has 60 valence electrons. The first-order valence-corrected chi connectivity index (χ1v) is 3.94. The van der Waals surface area contributed by atoms with Gasteiger partial charge in [-0.1, -0.05) is 0 Å². The van der Waals surface area contributed by atoms with Crippen LogP contribution in [0.1, 0.15) is 13.8 Å². The Morgan fingerprint density at radius 1 is 1.40 bits per heavy atom. The fourth-order valence-corrected chi connectivity index (χ4v) is 1.64. The number of rotatable bonds is 0. The van der Waals surface area contributed by atoms with Crippen LogP contribution in [0.15, 0.2) is 0 Å². The molecule has 1 N–H and O–H groups in total. The van der Waals surface area contributed by atoms with E-state index in [1.807, 2.05) is 0 Å². The van der Waals surface area contributed by atoms with Crippen molar-refractivity contribution in [3.8, 4) is 0 Å². The van der Waals surface area contributed by atoms with Gasteiger partial charge in [0.05, 0.1) is 19.1 Å². The monoisotopic (exact) mass is 142 g/mol. The summed E-state index contributed by atoms with van der Waals surface area (Å²) in [6.45, 7) is 8.63. The fourth-order valence-electron chi connectivity index (χ4n) is 1.64. The normalized spacial score (nSPS) is 50.1. The van der Waals surface area contributed by atoms with Gasteiger partial charge in [-0.3, -0.25) is 11.8 Å². The van der Waals surface area contributed by atoms with Gasteiger partial charge in [0.2, 0.25) is 0 Å². The van der Waals surface area contributed by atoms with Crippen LogP contribution in [0.5, 0.6) is 0 Å². The summed E-state index contributed by atoms with van der Waals surface area (Å²) in [5, 5.41) is 0. The maximum Gasteiger partial charge on any atom is 0.0991 e. The summed E-state index contributed by atoms with van der Waals surface area (Å²) in [5.74, 6) is 0. The number of nitrogens with one attached hydrogen (secondary N) is 1. The molecule has 0 aliphatic carbocycles. The van der Waals surface area contributed by atoms with Crippen LogP contribution in [0, 0.1) is 6.92 Å². The summed E-state index contributed by atoms with van der Waals surface area (Å²) in [5.41, 5.74) is 0. The van der Waals surface area contributed by atoms with Crippen molar-refractivity contribution < 1.29 is 4.90 Å². The van der Waals surface area contributed by atoms with Gasteiger partial charge in [-0.05, 0) is 20.9 Å². The van der Waals surface area contributed by atoms with Gasteiger partial charge in [-0.2, -0.15) is 0 Å². The Hall–Kier alpha value is -0.0800. The number of likely N-dealkylation sites (N-methyl/N-ethyl adjacent to an activating group) is 2. The molecule has 4 unspecified atom stereocenters. The van der Waals surface area contributed by atoms with Crippen molar-refractivity contribution in [2.75, 3.05) is 14.1 Å². The molecule has 0 aromatic rings. The third-order valence-corrected chi connectivity index (χ3v) is 3.10. The predicted molar refractivity (Wildman–Crippen MR) is 42.7 cm³/mol. The van der Waals surface area contributed by atoms with Gasteiger partial charge in [0.25, 0.3) is 0 Å². The van der Waals surface area contributed by atoms with Gasteiger partial charge in [-0.15, -0.1) is 0 Å². The second-order valence-corrected chi connectivity index (χ2v) is 3.45. The molecule has 1 rings (SSSR count). The van der Waals surface area contributed by atoms with Crippen molar-refractivity contribution in [3.05, 3.63) is 6.92 Å². The Morgan fingerprint density at radius 2 is 1.90 bits per heavy atom. The minimum absolute atomic E-state index is 0.435. The summed E-state index contributed by atoms with van der Waals surface area (Å²) < 4.78 is 0. The first-order valence-electron chi connectivity index (χ1n) is 3.94. The van der Waals surface area contributed by atoms with E-state index in [0.717, 1.165) is 0 Å². The van der Waals surface area contributed by atoms with Crippen molar-refractivity contribution in [1.82, 2.24) is 4.90 Å². The highest BCUT2D eigenvalue weighted by molar-refractivity contribution is 4.78. The molecule has 0 saturated carbocycles. The molecular weight excluding hydrogens is 124 g/mol. The lowest BCUT2D eigenvalue weighted by Gasteiger charge is -2.24. The Labute approximate surface area is 63.8 Å². The zero-order valence-electron chi connectivity index (χ0n) is 7.39. The lowest BCUT2D eigenvalue weighted by molar-refractivity contribution is -0.914. The van der Waals surface area contributed by atoms with Crippen molar-refractivity contribution >= 4 is 0 Å². The van der Waals surface area contributed by atoms with E-state index in [2.05, 4.69) is 39.8 Å². The maximum absolute atomic E-state index is 4.09. The third-order valence-electron chi connectivity index (χ3n) is 3.10. The summed E-state index contributed by atoms with van der Waals surface area (Å²) in [6, 6.07) is 1.38. The zero-order chi connectivity index (χ0) is 7.89. The highest BCUT2D eigenvalue weighted by Gasteiger charge is 2.35. The lowest BCUT2D eigenvalue weighted by atomic mass is 10.2. The SMILES string of the molecule is [CH2-]C1N(C)C(C)C(C)[NH+]1C. The Balaban J connectivity index is 2.68. The molecule has 2 heteroatoms. The summed E-state index contributed by atoms with van der Waals surface area (Å²) in [7, 11) is 4.36. The van der Waals surface area contributed by atoms with E-state index in [4.69, 9.17) is 0 Å². The molecule has 0 radical (unpaired) electrons. The van der Waals surface area contributed by atoms with Crippen molar-refractivity contribution in [1.29, 1.82) is 0 Å². The van der Waals surface area contributed by atoms with E-state index >= 15 is 0 Å². The molecule has 10 heavy (non-hydrogen) atoms. The van der Waals surface area contributed by atoms with E-state index in [9.17, 15) is 0 Å². The Morgan fingerprint density at radius 3 is 2.00 bits per heavy atom. The first kappa shape index (κ1) is 8.02. The predicted octanol–water partition coefficient (Wildman–Crippen LogP) is -0.616. The topological polar surface area (TPSA) is 7.68 Å². The second-order valence-electron chi connectivity index (χ2n) is 3.45. The summed E-state index contributed by atoms with van der Waals surface area (Å²) >= 11 is 0. The van der Waals surface area contributed by atoms with Crippen LogP contribution in [0.25, 0.3) is 0 Å². The molecule has 4 atom stereocenters. The average Bonchev–Trinajstić information content (AvgIpc) is 2.07. The Bertz CT molecular complexity index is 79.6. The maximum atomic E-state index is 4.09. The van der Waals surface area contributed by atoms with Gasteiger partial charge < -0.3 is 4.90 Å². The molecule has 1 saturated heterocycles. The van der Waals surface area contributed by atoms with Crippen LogP contribution in [0.4, 0.5) is 0 Å². The number of quaternary nitrogens is 1. The van der Waals surface area contributed by atoms with Crippen LogP contribution in [0.3, 0.4) is 0 Å². The van der Waals surface area contributed by atoms with Crippen LogP contribution in [0.2, 0.25) is 0 Å². The fraction of sp³-hybridized carbons (Fsp3) is 0.875. The second kappa shape index (κ2) is 2.51. The molecule has 2 nitrogen and oxygen atoms in total. The number of hydrogen-bond donors (Lipinski definition) is 1. The molecule has 1 heterocycles. The number of hydrogen-bond acceptors (Lipinski definition) is 1. The van der Waals surface area contributed by atoms with Crippen LogP contribution < -0.4 is 4.90 Å².